The average Bonchev–Trinajstić information content (AvgIpc) is 1.85. The Morgan fingerprint density at radius 1 is 1.36 bits per heavy atom. The summed E-state index contributed by atoms with van der Waals surface area (Å²) in [5, 5.41) is 0. The van der Waals surface area contributed by atoms with Gasteiger partial charge >= 0.3 is 6.18 Å². The molecule has 0 aromatic heterocycles. The molecule has 0 unspecified atom stereocenters. The minimum atomic E-state index is -4.16. The van der Waals surface area contributed by atoms with Crippen LogP contribution in [0.1, 0.15) is 19.3 Å². The van der Waals surface area contributed by atoms with E-state index in [4.69, 9.17) is 5.73 Å². The van der Waals surface area contributed by atoms with Crippen molar-refractivity contribution in [2.75, 3.05) is 6.54 Å². The number of hydrogen-bond donors (Lipinski definition) is 1. The van der Waals surface area contributed by atoms with Crippen molar-refractivity contribution < 1.29 is 18.0 Å². The third kappa shape index (κ3) is 7.32. The highest BCUT2D eigenvalue weighted by atomic mass is 19.4. The molecule has 11 heavy (non-hydrogen) atoms. The van der Waals surface area contributed by atoms with Crippen LogP contribution in [-0.4, -0.2) is 18.5 Å². The van der Waals surface area contributed by atoms with Gasteiger partial charge in [0.05, 0.1) is 6.54 Å². The highest BCUT2D eigenvalue weighted by molar-refractivity contribution is 5.80. The molecule has 0 radical (unpaired) electrons. The van der Waals surface area contributed by atoms with E-state index >= 15 is 0 Å². The van der Waals surface area contributed by atoms with E-state index in [1.165, 1.54) is 0 Å². The molecule has 2 N–H and O–H groups in total. The van der Waals surface area contributed by atoms with Crippen LogP contribution in [0.2, 0.25) is 0 Å². The second-order valence-corrected chi connectivity index (χ2v) is 2.21. The Bertz CT molecular complexity index is 132. The van der Waals surface area contributed by atoms with Crippen LogP contribution < -0.4 is 5.73 Å². The summed E-state index contributed by atoms with van der Waals surface area (Å²) in [4.78, 5) is 10.4. The van der Waals surface area contributed by atoms with Gasteiger partial charge in [-0.25, -0.2) is 0 Å². The first-order valence-corrected chi connectivity index (χ1v) is 3.24. The van der Waals surface area contributed by atoms with Gasteiger partial charge in [-0.1, -0.05) is 0 Å². The fourth-order valence-corrected chi connectivity index (χ4v) is 0.588. The van der Waals surface area contributed by atoms with Crippen molar-refractivity contribution in [1.29, 1.82) is 0 Å². The molecule has 0 spiro atoms. The smallest absolute Gasteiger partial charge is 0.324 e. The van der Waals surface area contributed by atoms with Crippen LogP contribution in [-0.2, 0) is 4.79 Å². The number of halogens is 3. The number of hydrogen-bond acceptors (Lipinski definition) is 2. The molecule has 0 rings (SSSR count). The minimum Gasteiger partial charge on any atom is -0.324 e. The minimum absolute atomic E-state index is 0.0734. The number of carbonyl (C=O) groups is 1. The van der Waals surface area contributed by atoms with Gasteiger partial charge in [0.2, 0.25) is 0 Å². The van der Waals surface area contributed by atoms with Crippen molar-refractivity contribution >= 4 is 5.78 Å². The zero-order valence-electron chi connectivity index (χ0n) is 5.95. The van der Waals surface area contributed by atoms with Crippen molar-refractivity contribution in [3.8, 4) is 0 Å². The Morgan fingerprint density at radius 3 is 2.27 bits per heavy atom. The van der Waals surface area contributed by atoms with Gasteiger partial charge in [-0.3, -0.25) is 4.79 Å². The van der Waals surface area contributed by atoms with Gasteiger partial charge in [0.25, 0.3) is 0 Å². The van der Waals surface area contributed by atoms with Crippen molar-refractivity contribution in [2.24, 2.45) is 5.73 Å². The van der Waals surface area contributed by atoms with Crippen LogP contribution >= 0.6 is 0 Å². The van der Waals surface area contributed by atoms with Crippen LogP contribution in [0.3, 0.4) is 0 Å². The van der Waals surface area contributed by atoms with Gasteiger partial charge in [0.1, 0.15) is 5.78 Å². The lowest BCUT2D eigenvalue weighted by molar-refractivity contribution is -0.136. The predicted molar refractivity (Wildman–Crippen MR) is 34.0 cm³/mol. The van der Waals surface area contributed by atoms with Crippen LogP contribution in [0.5, 0.6) is 0 Å². The first kappa shape index (κ1) is 10.4. The molecule has 0 saturated carbocycles. The third-order valence-corrected chi connectivity index (χ3v) is 1.14. The summed E-state index contributed by atoms with van der Waals surface area (Å²) in [5.41, 5.74) is 4.89. The van der Waals surface area contributed by atoms with E-state index in [9.17, 15) is 18.0 Å². The van der Waals surface area contributed by atoms with Gasteiger partial charge in [0, 0.05) is 12.8 Å². The summed E-state index contributed by atoms with van der Waals surface area (Å²) < 4.78 is 34.4. The molecular formula is C6H10F3NO. The summed E-state index contributed by atoms with van der Waals surface area (Å²) >= 11 is 0. The van der Waals surface area contributed by atoms with E-state index in [2.05, 4.69) is 0 Å². The van der Waals surface area contributed by atoms with Crippen molar-refractivity contribution in [2.45, 2.75) is 25.4 Å². The number of rotatable bonds is 4. The van der Waals surface area contributed by atoms with Crippen LogP contribution in [0.4, 0.5) is 13.2 Å². The monoisotopic (exact) mass is 169 g/mol. The van der Waals surface area contributed by atoms with E-state index in [0.717, 1.165) is 0 Å². The average molecular weight is 169 g/mol. The molecule has 5 heteroatoms. The van der Waals surface area contributed by atoms with Gasteiger partial charge in [-0.05, 0) is 6.42 Å². The second kappa shape index (κ2) is 4.33. The molecule has 0 heterocycles. The molecule has 0 amide bonds. The van der Waals surface area contributed by atoms with E-state index in [-0.39, 0.29) is 25.2 Å². The number of nitrogens with two attached hydrogens (primary N) is 1. The lowest BCUT2D eigenvalue weighted by Crippen LogP contribution is -2.14. The molecule has 0 aliphatic rings. The molecule has 0 aliphatic heterocycles. The Morgan fingerprint density at radius 2 is 1.91 bits per heavy atom. The quantitative estimate of drug-likeness (QED) is 0.688. The summed E-state index contributed by atoms with van der Waals surface area (Å²) in [6.45, 7) is -0.169. The summed E-state index contributed by atoms with van der Waals surface area (Å²) in [7, 11) is 0. The van der Waals surface area contributed by atoms with Gasteiger partial charge in [-0.2, -0.15) is 13.2 Å². The Hall–Kier alpha value is -0.580. The first-order chi connectivity index (χ1) is 4.95. The van der Waals surface area contributed by atoms with E-state index in [1.54, 1.807) is 0 Å². The maximum atomic E-state index is 11.5. The van der Waals surface area contributed by atoms with E-state index < -0.39 is 12.6 Å². The zero-order valence-corrected chi connectivity index (χ0v) is 5.95. The fourth-order valence-electron chi connectivity index (χ4n) is 0.588. The maximum absolute atomic E-state index is 11.5. The number of Topliss-reactive ketones (excluding diaryl/α,β-unsaturated/α-hetero) is 1. The lowest BCUT2D eigenvalue weighted by Gasteiger charge is -2.03. The molecular weight excluding hydrogens is 159 g/mol. The van der Waals surface area contributed by atoms with Gasteiger partial charge in [-0.15, -0.1) is 0 Å². The Kier molecular flexibility index (Phi) is 4.10. The summed E-state index contributed by atoms with van der Waals surface area (Å²) in [6.07, 6.45) is -5.29. The summed E-state index contributed by atoms with van der Waals surface area (Å²) in [5.74, 6) is -0.325. The Labute approximate surface area is 62.6 Å². The first-order valence-electron chi connectivity index (χ1n) is 3.24. The van der Waals surface area contributed by atoms with Crippen LogP contribution in [0.15, 0.2) is 0 Å². The lowest BCUT2D eigenvalue weighted by atomic mass is 10.2. The fraction of sp³-hybridized carbons (Fsp3) is 0.833. The van der Waals surface area contributed by atoms with Gasteiger partial charge in [0.15, 0.2) is 0 Å². The van der Waals surface area contributed by atoms with Crippen molar-refractivity contribution in [3.05, 3.63) is 0 Å². The molecule has 0 fully saturated rings. The predicted octanol–water partition coefficient (Wildman–Crippen LogP) is 1.25. The molecule has 0 bridgehead atoms. The molecule has 0 aliphatic carbocycles. The summed E-state index contributed by atoms with van der Waals surface area (Å²) in [6, 6.07) is 0. The van der Waals surface area contributed by atoms with Crippen LogP contribution in [0, 0.1) is 0 Å². The van der Waals surface area contributed by atoms with E-state index in [0.29, 0.717) is 0 Å². The molecule has 66 valence electrons. The topological polar surface area (TPSA) is 43.1 Å². The largest absolute Gasteiger partial charge is 0.389 e. The van der Waals surface area contributed by atoms with Crippen LogP contribution in [0.25, 0.3) is 0 Å². The van der Waals surface area contributed by atoms with Crippen molar-refractivity contribution in [1.82, 2.24) is 0 Å². The zero-order chi connectivity index (χ0) is 8.91. The van der Waals surface area contributed by atoms with Crippen molar-refractivity contribution in [3.63, 3.8) is 0 Å². The molecule has 0 atom stereocenters. The standard InChI is InChI=1S/C6H10F3NO/c7-6(8,9)3-1-2-5(11)4-10/h1-4,10H2. The third-order valence-electron chi connectivity index (χ3n) is 1.14. The molecule has 0 aromatic carbocycles. The number of carbonyl (C=O) groups excluding carboxylic acids is 1. The van der Waals surface area contributed by atoms with E-state index in [1.807, 2.05) is 0 Å². The van der Waals surface area contributed by atoms with Gasteiger partial charge < -0.3 is 5.73 Å². The highest BCUT2D eigenvalue weighted by Crippen LogP contribution is 2.21. The molecule has 0 saturated heterocycles. The normalized spacial score (nSPS) is 11.6. The molecule has 2 nitrogen and oxygen atoms in total. The number of alkyl halides is 3. The molecule has 0 aromatic rings. The number of ketones is 1. The maximum Gasteiger partial charge on any atom is 0.389 e. The second-order valence-electron chi connectivity index (χ2n) is 2.21. The Balaban J connectivity index is 3.35. The SMILES string of the molecule is NCC(=O)CCCC(F)(F)F. The highest BCUT2D eigenvalue weighted by Gasteiger charge is 2.26.